The molecule has 3 rings (SSSR count). The highest BCUT2D eigenvalue weighted by molar-refractivity contribution is 6.03. The number of ether oxygens (including phenoxy) is 1. The van der Waals surface area contributed by atoms with E-state index in [0.29, 0.717) is 22.8 Å². The molecule has 0 unspecified atom stereocenters. The zero-order chi connectivity index (χ0) is 21.3. The fourth-order valence-corrected chi connectivity index (χ4v) is 3.08. The molecule has 7 heteroatoms. The Kier molecular flexibility index (Phi) is 5.33. The van der Waals surface area contributed by atoms with Crippen molar-refractivity contribution in [1.29, 1.82) is 0 Å². The smallest absolute Gasteiger partial charge is 0.278 e. The molecule has 1 heterocycles. The quantitative estimate of drug-likeness (QED) is 0.653. The lowest BCUT2D eigenvalue weighted by Crippen LogP contribution is -2.16. The van der Waals surface area contributed by atoms with E-state index in [4.69, 9.17) is 10.5 Å². The molecule has 0 bridgehead atoms. The molecule has 0 atom stereocenters. The Hall–Kier alpha value is -3.35. The van der Waals surface area contributed by atoms with Gasteiger partial charge >= 0.3 is 0 Å². The second-order valence-electron chi connectivity index (χ2n) is 8.16. The molecule has 152 valence electrons. The maximum Gasteiger partial charge on any atom is 0.278 e. The number of carbonyl (C=O) groups excluding carboxylic acids is 1. The average Bonchev–Trinajstić information content (AvgIpc) is 3.02. The van der Waals surface area contributed by atoms with E-state index in [2.05, 4.69) is 36.4 Å². The lowest BCUT2D eigenvalue weighted by Gasteiger charge is -2.20. The summed E-state index contributed by atoms with van der Waals surface area (Å²) in [6.07, 6.45) is 0. The summed E-state index contributed by atoms with van der Waals surface area (Å²) >= 11 is 0. The molecular formula is C22H27N5O2. The maximum absolute atomic E-state index is 12.9. The topological polar surface area (TPSA) is 95.1 Å². The van der Waals surface area contributed by atoms with Gasteiger partial charge in [0, 0.05) is 11.4 Å². The van der Waals surface area contributed by atoms with Crippen molar-refractivity contribution in [3.8, 4) is 11.4 Å². The summed E-state index contributed by atoms with van der Waals surface area (Å²) < 4.78 is 7.04. The van der Waals surface area contributed by atoms with Crippen molar-refractivity contribution in [3.05, 3.63) is 58.9 Å². The monoisotopic (exact) mass is 393 g/mol. The molecule has 29 heavy (non-hydrogen) atoms. The highest BCUT2D eigenvalue weighted by Crippen LogP contribution is 2.28. The van der Waals surface area contributed by atoms with Crippen LogP contribution in [-0.4, -0.2) is 28.0 Å². The fourth-order valence-electron chi connectivity index (χ4n) is 3.08. The van der Waals surface area contributed by atoms with Crippen LogP contribution in [0.2, 0.25) is 0 Å². The number of rotatable bonds is 4. The van der Waals surface area contributed by atoms with E-state index in [-0.39, 0.29) is 17.0 Å². The van der Waals surface area contributed by atoms with Crippen molar-refractivity contribution in [2.75, 3.05) is 18.2 Å². The Morgan fingerprint density at radius 2 is 1.86 bits per heavy atom. The van der Waals surface area contributed by atoms with Gasteiger partial charge in [0.05, 0.1) is 12.8 Å². The summed E-state index contributed by atoms with van der Waals surface area (Å²) in [5.41, 5.74) is 10.8. The number of nitrogen functional groups attached to an aromatic ring is 1. The number of aryl methyl sites for hydroxylation is 1. The molecule has 1 amide bonds. The van der Waals surface area contributed by atoms with Crippen LogP contribution in [0.25, 0.3) is 5.69 Å². The zero-order valence-electron chi connectivity index (χ0n) is 17.7. The van der Waals surface area contributed by atoms with E-state index in [9.17, 15) is 4.79 Å². The molecule has 0 radical (unpaired) electrons. The van der Waals surface area contributed by atoms with Gasteiger partial charge in [0.15, 0.2) is 5.69 Å². The lowest BCUT2D eigenvalue weighted by molar-refractivity contribution is 0.102. The third-order valence-electron chi connectivity index (χ3n) is 4.75. The van der Waals surface area contributed by atoms with Crippen LogP contribution < -0.4 is 15.8 Å². The molecule has 0 aliphatic rings. The first-order valence-electron chi connectivity index (χ1n) is 9.40. The van der Waals surface area contributed by atoms with Gasteiger partial charge in [-0.1, -0.05) is 32.1 Å². The first-order valence-corrected chi connectivity index (χ1v) is 9.40. The largest absolute Gasteiger partial charge is 0.494 e. The van der Waals surface area contributed by atoms with Gasteiger partial charge in [-0.15, -0.1) is 5.10 Å². The van der Waals surface area contributed by atoms with Gasteiger partial charge in [-0.05, 0) is 60.7 Å². The van der Waals surface area contributed by atoms with Crippen molar-refractivity contribution in [1.82, 2.24) is 15.0 Å². The molecule has 3 N–H and O–H groups in total. The number of aromatic nitrogens is 3. The standard InChI is InChI=1S/C22H27N5O2/c1-13-7-8-19(29-6)18(9-13)27-14(2)20(25-26-27)21(28)24-17-11-15(22(3,4)5)10-16(23)12-17/h7-12H,23H2,1-6H3,(H,24,28). The molecule has 7 nitrogen and oxygen atoms in total. The molecule has 0 fully saturated rings. The number of anilines is 2. The summed E-state index contributed by atoms with van der Waals surface area (Å²) in [6.45, 7) is 10.1. The normalized spacial score (nSPS) is 11.4. The number of benzene rings is 2. The van der Waals surface area contributed by atoms with E-state index in [1.807, 2.05) is 37.3 Å². The molecule has 1 aromatic heterocycles. The number of nitrogens with two attached hydrogens (primary N) is 1. The van der Waals surface area contributed by atoms with Crippen molar-refractivity contribution < 1.29 is 9.53 Å². The molecule has 2 aromatic carbocycles. The van der Waals surface area contributed by atoms with Crippen LogP contribution >= 0.6 is 0 Å². The number of nitrogens with zero attached hydrogens (tertiary/aromatic N) is 3. The van der Waals surface area contributed by atoms with Gasteiger partial charge in [-0.3, -0.25) is 4.79 Å². The van der Waals surface area contributed by atoms with Crippen LogP contribution in [0.1, 0.15) is 48.1 Å². The minimum atomic E-state index is -0.342. The van der Waals surface area contributed by atoms with Gasteiger partial charge < -0.3 is 15.8 Å². The minimum Gasteiger partial charge on any atom is -0.494 e. The second kappa shape index (κ2) is 7.58. The van der Waals surface area contributed by atoms with Crippen LogP contribution in [0.15, 0.2) is 36.4 Å². The molecule has 0 saturated carbocycles. The number of carbonyl (C=O) groups is 1. The predicted octanol–water partition coefficient (Wildman–Crippen LogP) is 4.02. The molecule has 0 aliphatic carbocycles. The number of hydrogen-bond donors (Lipinski definition) is 2. The Morgan fingerprint density at radius 3 is 2.52 bits per heavy atom. The van der Waals surface area contributed by atoms with Crippen molar-refractivity contribution >= 4 is 17.3 Å². The van der Waals surface area contributed by atoms with Crippen molar-refractivity contribution in [2.24, 2.45) is 0 Å². The van der Waals surface area contributed by atoms with E-state index >= 15 is 0 Å². The van der Waals surface area contributed by atoms with Crippen LogP contribution in [0, 0.1) is 13.8 Å². The Morgan fingerprint density at radius 1 is 1.14 bits per heavy atom. The molecule has 0 spiro atoms. The van der Waals surface area contributed by atoms with Gasteiger partial charge in [0.2, 0.25) is 0 Å². The fraction of sp³-hybridized carbons (Fsp3) is 0.318. The van der Waals surface area contributed by atoms with Crippen LogP contribution in [-0.2, 0) is 5.41 Å². The van der Waals surface area contributed by atoms with Gasteiger partial charge in [-0.25, -0.2) is 4.68 Å². The van der Waals surface area contributed by atoms with Gasteiger partial charge in [-0.2, -0.15) is 0 Å². The number of amides is 1. The zero-order valence-corrected chi connectivity index (χ0v) is 17.7. The van der Waals surface area contributed by atoms with Gasteiger partial charge in [0.1, 0.15) is 11.4 Å². The number of hydrogen-bond acceptors (Lipinski definition) is 5. The number of methoxy groups -OCH3 is 1. The Balaban J connectivity index is 1.93. The summed E-state index contributed by atoms with van der Waals surface area (Å²) in [6, 6.07) is 11.3. The molecule has 3 aromatic rings. The predicted molar refractivity (Wildman–Crippen MR) is 115 cm³/mol. The van der Waals surface area contributed by atoms with E-state index in [1.54, 1.807) is 24.8 Å². The third-order valence-corrected chi connectivity index (χ3v) is 4.75. The van der Waals surface area contributed by atoms with Crippen LogP contribution in [0.5, 0.6) is 5.75 Å². The van der Waals surface area contributed by atoms with E-state index in [1.165, 1.54) is 0 Å². The first kappa shape index (κ1) is 20.4. The highest BCUT2D eigenvalue weighted by Gasteiger charge is 2.21. The lowest BCUT2D eigenvalue weighted by atomic mass is 9.86. The van der Waals surface area contributed by atoms with E-state index < -0.39 is 0 Å². The summed E-state index contributed by atoms with van der Waals surface area (Å²) in [5, 5.41) is 11.2. The Labute approximate surface area is 170 Å². The highest BCUT2D eigenvalue weighted by atomic mass is 16.5. The molecule has 0 aliphatic heterocycles. The Bertz CT molecular complexity index is 1060. The van der Waals surface area contributed by atoms with Crippen LogP contribution in [0.4, 0.5) is 11.4 Å². The summed E-state index contributed by atoms with van der Waals surface area (Å²) in [7, 11) is 1.60. The van der Waals surface area contributed by atoms with Crippen LogP contribution in [0.3, 0.4) is 0 Å². The third kappa shape index (κ3) is 4.23. The maximum atomic E-state index is 12.9. The molecular weight excluding hydrogens is 366 g/mol. The summed E-state index contributed by atoms with van der Waals surface area (Å²) in [5.74, 6) is 0.312. The second-order valence-corrected chi connectivity index (χ2v) is 8.16. The van der Waals surface area contributed by atoms with Crippen molar-refractivity contribution in [3.63, 3.8) is 0 Å². The molecule has 0 saturated heterocycles. The van der Waals surface area contributed by atoms with Gasteiger partial charge in [0.25, 0.3) is 5.91 Å². The van der Waals surface area contributed by atoms with E-state index in [0.717, 1.165) is 16.8 Å². The number of nitrogens with one attached hydrogen (secondary N) is 1. The summed E-state index contributed by atoms with van der Waals surface area (Å²) in [4.78, 5) is 12.9. The average molecular weight is 393 g/mol. The first-order chi connectivity index (χ1) is 13.6. The van der Waals surface area contributed by atoms with Crippen molar-refractivity contribution in [2.45, 2.75) is 40.0 Å². The SMILES string of the molecule is COc1ccc(C)cc1-n1nnc(C(=O)Nc2cc(N)cc(C(C)(C)C)c2)c1C. The minimum absolute atomic E-state index is 0.0877.